The molecule has 0 radical (unpaired) electrons. The van der Waals surface area contributed by atoms with Crippen molar-refractivity contribution < 1.29 is 9.90 Å². The molecule has 5 nitrogen and oxygen atoms in total. The average molecular weight is 255 g/mol. The van der Waals surface area contributed by atoms with Gasteiger partial charge in [-0.2, -0.15) is 4.37 Å². The predicted molar refractivity (Wildman–Crippen MR) is 66.2 cm³/mol. The summed E-state index contributed by atoms with van der Waals surface area (Å²) in [4.78, 5) is 15.3. The molecule has 6 heteroatoms. The van der Waals surface area contributed by atoms with E-state index in [0.29, 0.717) is 6.54 Å². The van der Waals surface area contributed by atoms with Crippen LogP contribution in [0.15, 0.2) is 0 Å². The summed E-state index contributed by atoms with van der Waals surface area (Å²) < 4.78 is 4.09. The highest BCUT2D eigenvalue weighted by Crippen LogP contribution is 2.30. The minimum Gasteiger partial charge on any atom is -0.481 e. The molecule has 1 fully saturated rings. The van der Waals surface area contributed by atoms with E-state index in [4.69, 9.17) is 5.11 Å². The topological polar surface area (TPSA) is 75.1 Å². The fraction of sp³-hybridized carbons (Fsp3) is 0.727. The Labute approximate surface area is 104 Å². The Kier molecular flexibility index (Phi) is 3.93. The molecule has 2 N–H and O–H groups in total. The number of carboxylic acid groups (broad SMARTS) is 1. The van der Waals surface area contributed by atoms with Crippen LogP contribution in [-0.4, -0.2) is 27.0 Å². The maximum absolute atomic E-state index is 11.1. The van der Waals surface area contributed by atoms with Crippen molar-refractivity contribution in [2.24, 2.45) is 11.8 Å². The molecule has 0 spiro atoms. The second kappa shape index (κ2) is 5.44. The van der Waals surface area contributed by atoms with Crippen LogP contribution in [0.4, 0.5) is 5.13 Å². The van der Waals surface area contributed by atoms with Gasteiger partial charge in [-0.3, -0.25) is 4.79 Å². The Morgan fingerprint density at radius 3 is 2.94 bits per heavy atom. The maximum atomic E-state index is 11.1. The number of nitrogens with zero attached hydrogens (tertiary/aromatic N) is 2. The number of anilines is 1. The summed E-state index contributed by atoms with van der Waals surface area (Å²) in [6.07, 6.45) is 3.95. The van der Waals surface area contributed by atoms with E-state index in [2.05, 4.69) is 14.7 Å². The Hall–Kier alpha value is -1.17. The second-order valence-corrected chi connectivity index (χ2v) is 5.27. The number of hydrogen-bond donors (Lipinski definition) is 2. The number of carbonyl (C=O) groups is 1. The lowest BCUT2D eigenvalue weighted by Gasteiger charge is -2.28. The number of aryl methyl sites for hydroxylation is 1. The van der Waals surface area contributed by atoms with Crippen molar-refractivity contribution in [1.82, 2.24) is 9.36 Å². The van der Waals surface area contributed by atoms with Gasteiger partial charge in [-0.1, -0.05) is 12.8 Å². The molecule has 1 saturated carbocycles. The molecule has 0 amide bonds. The van der Waals surface area contributed by atoms with Gasteiger partial charge in [0.2, 0.25) is 5.13 Å². The van der Waals surface area contributed by atoms with Crippen molar-refractivity contribution in [3.63, 3.8) is 0 Å². The zero-order valence-electron chi connectivity index (χ0n) is 9.85. The molecular formula is C11H17N3O2S. The van der Waals surface area contributed by atoms with Gasteiger partial charge in [0.15, 0.2) is 0 Å². The lowest BCUT2D eigenvalue weighted by Crippen LogP contribution is -2.31. The summed E-state index contributed by atoms with van der Waals surface area (Å²) in [6.45, 7) is 2.54. The van der Waals surface area contributed by atoms with Gasteiger partial charge >= 0.3 is 5.97 Å². The first-order chi connectivity index (χ1) is 8.16. The third-order valence-corrected chi connectivity index (χ3v) is 4.03. The fourth-order valence-electron chi connectivity index (χ4n) is 2.36. The van der Waals surface area contributed by atoms with E-state index >= 15 is 0 Å². The molecule has 0 bridgehead atoms. The van der Waals surface area contributed by atoms with Crippen molar-refractivity contribution in [1.29, 1.82) is 0 Å². The predicted octanol–water partition coefficient (Wildman–Crippen LogP) is 2.15. The van der Waals surface area contributed by atoms with Crippen molar-refractivity contribution in [3.05, 3.63) is 5.82 Å². The lowest BCUT2D eigenvalue weighted by molar-refractivity contribution is -0.144. The third kappa shape index (κ3) is 3.15. The molecule has 1 heterocycles. The molecule has 1 aliphatic carbocycles. The van der Waals surface area contributed by atoms with Gasteiger partial charge in [-0.15, -0.1) is 0 Å². The van der Waals surface area contributed by atoms with E-state index in [9.17, 15) is 4.79 Å². The maximum Gasteiger partial charge on any atom is 0.306 e. The summed E-state index contributed by atoms with van der Waals surface area (Å²) in [6, 6.07) is 0. The molecule has 2 rings (SSSR count). The molecule has 1 aliphatic rings. The lowest BCUT2D eigenvalue weighted by atomic mass is 9.79. The van der Waals surface area contributed by atoms with Gasteiger partial charge in [0.1, 0.15) is 5.82 Å². The summed E-state index contributed by atoms with van der Waals surface area (Å²) in [5.74, 6) is 0.108. The highest BCUT2D eigenvalue weighted by atomic mass is 32.1. The first-order valence-electron chi connectivity index (χ1n) is 5.94. The van der Waals surface area contributed by atoms with Crippen molar-refractivity contribution in [3.8, 4) is 0 Å². The van der Waals surface area contributed by atoms with Gasteiger partial charge in [-0.25, -0.2) is 4.98 Å². The Morgan fingerprint density at radius 2 is 2.29 bits per heavy atom. The highest BCUT2D eigenvalue weighted by Gasteiger charge is 2.30. The van der Waals surface area contributed by atoms with Gasteiger partial charge in [0, 0.05) is 18.1 Å². The molecule has 94 valence electrons. The number of aromatic nitrogens is 2. The monoisotopic (exact) mass is 255 g/mol. The van der Waals surface area contributed by atoms with Crippen LogP contribution in [0, 0.1) is 18.8 Å². The standard InChI is InChI=1S/C11H17N3O2S/c1-7-13-11(17-14-7)12-6-8-4-2-3-5-9(8)10(15)16/h8-9H,2-6H2,1H3,(H,15,16)(H,12,13,14). The van der Waals surface area contributed by atoms with Crippen molar-refractivity contribution in [2.75, 3.05) is 11.9 Å². The quantitative estimate of drug-likeness (QED) is 0.862. The Balaban J connectivity index is 1.90. The largest absolute Gasteiger partial charge is 0.481 e. The van der Waals surface area contributed by atoms with Crippen LogP contribution in [0.3, 0.4) is 0 Å². The van der Waals surface area contributed by atoms with Crippen LogP contribution in [0.1, 0.15) is 31.5 Å². The van der Waals surface area contributed by atoms with Gasteiger partial charge < -0.3 is 10.4 Å². The van der Waals surface area contributed by atoms with E-state index in [1.54, 1.807) is 0 Å². The first kappa shape index (κ1) is 12.3. The van der Waals surface area contributed by atoms with E-state index in [1.807, 2.05) is 6.92 Å². The van der Waals surface area contributed by atoms with E-state index in [0.717, 1.165) is 36.6 Å². The highest BCUT2D eigenvalue weighted by molar-refractivity contribution is 7.09. The zero-order valence-corrected chi connectivity index (χ0v) is 10.7. The molecule has 17 heavy (non-hydrogen) atoms. The SMILES string of the molecule is Cc1nsc(NCC2CCCCC2C(=O)O)n1. The van der Waals surface area contributed by atoms with Crippen LogP contribution in [0.2, 0.25) is 0 Å². The molecular weight excluding hydrogens is 238 g/mol. The molecule has 0 aliphatic heterocycles. The molecule has 2 unspecified atom stereocenters. The van der Waals surface area contributed by atoms with E-state index in [-0.39, 0.29) is 11.8 Å². The normalized spacial score (nSPS) is 24.5. The minimum absolute atomic E-state index is 0.203. The molecule has 0 aromatic carbocycles. The summed E-state index contributed by atoms with van der Waals surface area (Å²) in [7, 11) is 0. The third-order valence-electron chi connectivity index (χ3n) is 3.27. The van der Waals surface area contributed by atoms with Crippen LogP contribution < -0.4 is 5.32 Å². The van der Waals surface area contributed by atoms with Crippen LogP contribution >= 0.6 is 11.5 Å². The number of carboxylic acids is 1. The molecule has 0 saturated heterocycles. The smallest absolute Gasteiger partial charge is 0.306 e. The average Bonchev–Trinajstić information content (AvgIpc) is 2.73. The van der Waals surface area contributed by atoms with Crippen molar-refractivity contribution in [2.45, 2.75) is 32.6 Å². The number of hydrogen-bond acceptors (Lipinski definition) is 5. The van der Waals surface area contributed by atoms with Crippen LogP contribution in [0.25, 0.3) is 0 Å². The number of rotatable bonds is 4. The van der Waals surface area contributed by atoms with Crippen LogP contribution in [-0.2, 0) is 4.79 Å². The molecule has 1 aromatic heterocycles. The fourth-order valence-corrected chi connectivity index (χ4v) is 2.94. The minimum atomic E-state index is -0.662. The van der Waals surface area contributed by atoms with E-state index in [1.165, 1.54) is 11.5 Å². The second-order valence-electron chi connectivity index (χ2n) is 4.52. The summed E-state index contributed by atoms with van der Waals surface area (Å²) >= 11 is 1.33. The zero-order chi connectivity index (χ0) is 12.3. The van der Waals surface area contributed by atoms with Gasteiger partial charge in [-0.05, 0) is 25.7 Å². The summed E-state index contributed by atoms with van der Waals surface area (Å²) in [5.41, 5.74) is 0. The molecule has 1 aromatic rings. The van der Waals surface area contributed by atoms with E-state index < -0.39 is 5.97 Å². The van der Waals surface area contributed by atoms with Crippen LogP contribution in [0.5, 0.6) is 0 Å². The number of nitrogens with one attached hydrogen (secondary N) is 1. The first-order valence-corrected chi connectivity index (χ1v) is 6.71. The van der Waals surface area contributed by atoms with Gasteiger partial charge in [0.25, 0.3) is 0 Å². The Bertz CT molecular complexity index is 394. The Morgan fingerprint density at radius 1 is 1.53 bits per heavy atom. The number of aliphatic carboxylic acids is 1. The van der Waals surface area contributed by atoms with Gasteiger partial charge in [0.05, 0.1) is 5.92 Å². The summed E-state index contributed by atoms with van der Waals surface area (Å²) in [5, 5.41) is 13.1. The molecule has 2 atom stereocenters. The van der Waals surface area contributed by atoms with Crippen molar-refractivity contribution >= 4 is 22.6 Å².